The summed E-state index contributed by atoms with van der Waals surface area (Å²) in [6.07, 6.45) is 3.10. The largest absolute Gasteiger partial charge is 0.388 e. The van der Waals surface area contributed by atoms with Crippen LogP contribution < -0.4 is 0 Å². The number of halogens is 1. The van der Waals surface area contributed by atoms with Gasteiger partial charge in [-0.3, -0.25) is 0 Å². The summed E-state index contributed by atoms with van der Waals surface area (Å²) in [5.74, 6) is 0.326. The van der Waals surface area contributed by atoms with Crippen LogP contribution in [0.25, 0.3) is 10.8 Å². The fourth-order valence-electron chi connectivity index (χ4n) is 3.70. The summed E-state index contributed by atoms with van der Waals surface area (Å²) in [7, 11) is 0. The molecule has 0 amide bonds. The molecule has 0 heterocycles. The van der Waals surface area contributed by atoms with E-state index < -0.39 is 6.10 Å². The third-order valence-electron chi connectivity index (χ3n) is 4.94. The summed E-state index contributed by atoms with van der Waals surface area (Å²) in [5, 5.41) is 13.8. The monoisotopic (exact) mass is 288 g/mol. The fraction of sp³-hybridized carbons (Fsp3) is 0.444. The first kappa shape index (κ1) is 13.9. The second-order valence-electron chi connectivity index (χ2n) is 6.61. The van der Waals surface area contributed by atoms with Crippen LogP contribution in [0.3, 0.4) is 0 Å². The summed E-state index contributed by atoms with van der Waals surface area (Å²) >= 11 is 6.27. The maximum Gasteiger partial charge on any atom is 0.0829 e. The van der Waals surface area contributed by atoms with E-state index in [0.717, 1.165) is 27.8 Å². The molecule has 1 aliphatic carbocycles. The van der Waals surface area contributed by atoms with Crippen LogP contribution >= 0.6 is 11.6 Å². The molecule has 0 aromatic heterocycles. The molecule has 0 spiro atoms. The molecule has 1 saturated carbocycles. The van der Waals surface area contributed by atoms with E-state index in [2.05, 4.69) is 19.9 Å². The smallest absolute Gasteiger partial charge is 0.0829 e. The minimum Gasteiger partial charge on any atom is -0.388 e. The van der Waals surface area contributed by atoms with Crippen molar-refractivity contribution in [3.05, 3.63) is 47.0 Å². The zero-order chi connectivity index (χ0) is 14.3. The quantitative estimate of drug-likeness (QED) is 0.789. The second-order valence-corrected chi connectivity index (χ2v) is 7.02. The predicted molar refractivity (Wildman–Crippen MR) is 85.0 cm³/mol. The average molecular weight is 289 g/mol. The van der Waals surface area contributed by atoms with Crippen molar-refractivity contribution >= 4 is 22.4 Å². The van der Waals surface area contributed by atoms with Gasteiger partial charge in [-0.15, -0.1) is 0 Å². The third kappa shape index (κ3) is 2.23. The molecule has 0 bridgehead atoms. The van der Waals surface area contributed by atoms with E-state index >= 15 is 0 Å². The fourth-order valence-corrected chi connectivity index (χ4v) is 3.93. The van der Waals surface area contributed by atoms with E-state index in [1.54, 1.807) is 0 Å². The minimum atomic E-state index is -0.408. The molecule has 106 valence electrons. The van der Waals surface area contributed by atoms with E-state index in [1.165, 1.54) is 12.8 Å². The topological polar surface area (TPSA) is 20.2 Å². The number of rotatable bonds is 2. The standard InChI is InChI=1S/C18H21ClO/c1-18(2)11-5-8-15(18)17(20)14-9-10-16(19)13-7-4-3-6-12(13)14/h3-4,6-7,9-10,15,17,20H,5,8,11H2,1-2H3. The van der Waals surface area contributed by atoms with Gasteiger partial charge in [0.15, 0.2) is 0 Å². The highest BCUT2D eigenvalue weighted by molar-refractivity contribution is 6.35. The third-order valence-corrected chi connectivity index (χ3v) is 5.27. The minimum absolute atomic E-state index is 0.208. The van der Waals surface area contributed by atoms with Crippen LogP contribution in [-0.2, 0) is 0 Å². The van der Waals surface area contributed by atoms with Crippen molar-refractivity contribution in [3.8, 4) is 0 Å². The summed E-state index contributed by atoms with van der Waals surface area (Å²) in [6.45, 7) is 4.54. The first-order valence-electron chi connectivity index (χ1n) is 7.36. The first-order valence-corrected chi connectivity index (χ1v) is 7.74. The van der Waals surface area contributed by atoms with Crippen molar-refractivity contribution in [3.63, 3.8) is 0 Å². The van der Waals surface area contributed by atoms with Gasteiger partial charge < -0.3 is 5.11 Å². The lowest BCUT2D eigenvalue weighted by molar-refractivity contribution is 0.0542. The van der Waals surface area contributed by atoms with Gasteiger partial charge in [-0.05, 0) is 41.2 Å². The molecule has 2 heteroatoms. The molecule has 0 aliphatic heterocycles. The van der Waals surface area contributed by atoms with E-state index in [4.69, 9.17) is 11.6 Å². The molecule has 0 saturated heterocycles. The van der Waals surface area contributed by atoms with Crippen LogP contribution in [0.4, 0.5) is 0 Å². The van der Waals surface area contributed by atoms with E-state index in [9.17, 15) is 5.11 Å². The molecule has 1 nitrogen and oxygen atoms in total. The normalized spacial score (nSPS) is 23.1. The van der Waals surface area contributed by atoms with Gasteiger partial charge in [0.25, 0.3) is 0 Å². The second kappa shape index (κ2) is 5.05. The zero-order valence-electron chi connectivity index (χ0n) is 12.1. The lowest BCUT2D eigenvalue weighted by Crippen LogP contribution is -2.24. The van der Waals surface area contributed by atoms with Crippen molar-refractivity contribution in [2.75, 3.05) is 0 Å². The molecule has 20 heavy (non-hydrogen) atoms. The number of hydrogen-bond donors (Lipinski definition) is 1. The molecule has 3 rings (SSSR count). The van der Waals surface area contributed by atoms with E-state index in [0.29, 0.717) is 5.92 Å². The van der Waals surface area contributed by atoms with E-state index in [1.807, 2.05) is 30.3 Å². The van der Waals surface area contributed by atoms with Crippen molar-refractivity contribution < 1.29 is 5.11 Å². The Balaban J connectivity index is 2.08. The highest BCUT2D eigenvalue weighted by atomic mass is 35.5. The van der Waals surface area contributed by atoms with Crippen LogP contribution in [0.5, 0.6) is 0 Å². The maximum atomic E-state index is 10.9. The lowest BCUT2D eigenvalue weighted by atomic mass is 9.76. The van der Waals surface area contributed by atoms with Gasteiger partial charge >= 0.3 is 0 Å². The maximum absolute atomic E-state index is 10.9. The van der Waals surface area contributed by atoms with Gasteiger partial charge in [-0.1, -0.05) is 62.2 Å². The molecular weight excluding hydrogens is 268 g/mol. The van der Waals surface area contributed by atoms with Gasteiger partial charge in [-0.2, -0.15) is 0 Å². The Bertz CT molecular complexity index is 632. The first-order chi connectivity index (χ1) is 9.50. The van der Waals surface area contributed by atoms with Crippen molar-refractivity contribution in [2.24, 2.45) is 11.3 Å². The molecule has 2 atom stereocenters. The Kier molecular flexibility index (Phi) is 3.51. The SMILES string of the molecule is CC1(C)CCCC1C(O)c1ccc(Cl)c2ccccc12. The number of benzene rings is 2. The van der Waals surface area contributed by atoms with Gasteiger partial charge in [0.2, 0.25) is 0 Å². The number of hydrogen-bond acceptors (Lipinski definition) is 1. The highest BCUT2D eigenvalue weighted by Crippen LogP contribution is 2.49. The van der Waals surface area contributed by atoms with Gasteiger partial charge in [0.05, 0.1) is 6.10 Å². The van der Waals surface area contributed by atoms with Crippen LogP contribution in [0.15, 0.2) is 36.4 Å². The van der Waals surface area contributed by atoms with Gasteiger partial charge in [0.1, 0.15) is 0 Å². The average Bonchev–Trinajstić information content (AvgIpc) is 2.78. The number of fused-ring (bicyclic) bond motifs is 1. The summed E-state index contributed by atoms with van der Waals surface area (Å²) in [4.78, 5) is 0. The Morgan fingerprint density at radius 2 is 1.85 bits per heavy atom. The van der Waals surface area contributed by atoms with E-state index in [-0.39, 0.29) is 5.41 Å². The molecule has 1 aliphatic rings. The molecule has 1 fully saturated rings. The molecular formula is C18H21ClO. The summed E-state index contributed by atoms with van der Waals surface area (Å²) < 4.78 is 0. The Morgan fingerprint density at radius 1 is 1.15 bits per heavy atom. The van der Waals surface area contributed by atoms with Crippen molar-refractivity contribution in [1.82, 2.24) is 0 Å². The zero-order valence-corrected chi connectivity index (χ0v) is 12.8. The number of aliphatic hydroxyl groups excluding tert-OH is 1. The highest BCUT2D eigenvalue weighted by Gasteiger charge is 2.39. The van der Waals surface area contributed by atoms with Crippen molar-refractivity contribution in [1.29, 1.82) is 0 Å². The molecule has 2 aromatic rings. The van der Waals surface area contributed by atoms with Crippen LogP contribution in [0, 0.1) is 11.3 Å². The Hall–Kier alpha value is -1.05. The van der Waals surface area contributed by atoms with Gasteiger partial charge in [-0.25, -0.2) is 0 Å². The molecule has 2 aromatic carbocycles. The molecule has 0 radical (unpaired) electrons. The summed E-state index contributed by atoms with van der Waals surface area (Å²) in [6, 6.07) is 12.0. The number of aliphatic hydroxyl groups is 1. The van der Waals surface area contributed by atoms with Crippen LogP contribution in [0.2, 0.25) is 5.02 Å². The Labute approximate surface area is 125 Å². The Morgan fingerprint density at radius 3 is 2.50 bits per heavy atom. The molecule has 1 N–H and O–H groups in total. The van der Waals surface area contributed by atoms with Crippen molar-refractivity contribution in [2.45, 2.75) is 39.2 Å². The summed E-state index contributed by atoms with van der Waals surface area (Å²) in [5.41, 5.74) is 1.23. The lowest BCUT2D eigenvalue weighted by Gasteiger charge is -2.32. The predicted octanol–water partition coefficient (Wildman–Crippen LogP) is 5.35. The van der Waals surface area contributed by atoms with Crippen LogP contribution in [0.1, 0.15) is 44.8 Å². The van der Waals surface area contributed by atoms with Crippen LogP contribution in [-0.4, -0.2) is 5.11 Å². The van der Waals surface area contributed by atoms with Gasteiger partial charge in [0, 0.05) is 10.4 Å². The molecule has 2 unspecified atom stereocenters.